The van der Waals surface area contributed by atoms with Crippen molar-refractivity contribution in [3.05, 3.63) is 71.3 Å². The van der Waals surface area contributed by atoms with Crippen LogP contribution in [-0.2, 0) is 11.3 Å². The smallest absolute Gasteiger partial charge is 0.252 e. The molecule has 2 aliphatic rings. The lowest BCUT2D eigenvalue weighted by molar-refractivity contribution is -0.133. The highest BCUT2D eigenvalue weighted by molar-refractivity contribution is 5.99. The van der Waals surface area contributed by atoms with Gasteiger partial charge in [0.05, 0.1) is 12.5 Å². The molecule has 1 N–H and O–H groups in total. The van der Waals surface area contributed by atoms with Crippen LogP contribution < -0.4 is 5.32 Å². The minimum Gasteiger partial charge on any atom is -0.345 e. The molecule has 134 valence electrons. The van der Waals surface area contributed by atoms with E-state index in [1.807, 2.05) is 47.4 Å². The molecule has 0 bridgehead atoms. The maximum Gasteiger partial charge on any atom is 0.252 e. The van der Waals surface area contributed by atoms with Gasteiger partial charge in [0.2, 0.25) is 5.91 Å². The number of fused-ring (bicyclic) bond motifs is 1. The van der Waals surface area contributed by atoms with Crippen molar-refractivity contribution in [3.63, 3.8) is 0 Å². The van der Waals surface area contributed by atoms with Crippen molar-refractivity contribution >= 4 is 11.8 Å². The normalized spacial score (nSPS) is 18.8. The lowest BCUT2D eigenvalue weighted by Crippen LogP contribution is -2.38. The van der Waals surface area contributed by atoms with Gasteiger partial charge in [0.15, 0.2) is 0 Å². The van der Waals surface area contributed by atoms with Crippen LogP contribution in [0.3, 0.4) is 0 Å². The first-order chi connectivity index (χ1) is 12.7. The number of nitrogens with zero attached hydrogens (tertiary/aromatic N) is 1. The Morgan fingerprint density at radius 2 is 1.77 bits per heavy atom. The summed E-state index contributed by atoms with van der Waals surface area (Å²) in [7, 11) is 0. The average molecular weight is 348 g/mol. The van der Waals surface area contributed by atoms with Crippen LogP contribution in [0.1, 0.15) is 53.2 Å². The van der Waals surface area contributed by atoms with Crippen LogP contribution in [0.5, 0.6) is 0 Å². The summed E-state index contributed by atoms with van der Waals surface area (Å²) in [6.07, 6.45) is 4.01. The van der Waals surface area contributed by atoms with Gasteiger partial charge in [0, 0.05) is 18.7 Å². The Morgan fingerprint density at radius 3 is 2.50 bits per heavy atom. The molecule has 0 spiro atoms. The van der Waals surface area contributed by atoms with E-state index in [0.29, 0.717) is 24.4 Å². The molecule has 1 saturated carbocycles. The molecule has 1 aliphatic heterocycles. The zero-order chi connectivity index (χ0) is 17.9. The minimum absolute atomic E-state index is 0.0768. The van der Waals surface area contributed by atoms with Crippen LogP contribution in [-0.4, -0.2) is 23.3 Å². The molecule has 1 heterocycles. The summed E-state index contributed by atoms with van der Waals surface area (Å²) in [5.41, 5.74) is 2.78. The molecule has 4 nitrogen and oxygen atoms in total. The summed E-state index contributed by atoms with van der Waals surface area (Å²) in [4.78, 5) is 27.2. The van der Waals surface area contributed by atoms with Crippen molar-refractivity contribution in [3.8, 4) is 0 Å². The van der Waals surface area contributed by atoms with Gasteiger partial charge in [-0.2, -0.15) is 0 Å². The molecule has 4 heteroatoms. The largest absolute Gasteiger partial charge is 0.345 e. The fourth-order valence-corrected chi connectivity index (χ4v) is 3.83. The van der Waals surface area contributed by atoms with Crippen LogP contribution in [0.2, 0.25) is 0 Å². The highest BCUT2D eigenvalue weighted by Crippen LogP contribution is 2.30. The monoisotopic (exact) mass is 348 g/mol. The van der Waals surface area contributed by atoms with Gasteiger partial charge in [-0.25, -0.2) is 0 Å². The van der Waals surface area contributed by atoms with E-state index < -0.39 is 0 Å². The third kappa shape index (κ3) is 3.50. The third-order valence-corrected chi connectivity index (χ3v) is 5.54. The summed E-state index contributed by atoms with van der Waals surface area (Å²) >= 11 is 0. The molecule has 2 amide bonds. The Balaban J connectivity index is 1.48. The van der Waals surface area contributed by atoms with Crippen LogP contribution >= 0.6 is 0 Å². The van der Waals surface area contributed by atoms with Gasteiger partial charge < -0.3 is 10.2 Å². The van der Waals surface area contributed by atoms with Gasteiger partial charge in [-0.3, -0.25) is 9.59 Å². The zero-order valence-electron chi connectivity index (χ0n) is 14.9. The maximum atomic E-state index is 13.1. The molecule has 2 aromatic carbocycles. The second kappa shape index (κ2) is 7.32. The maximum absolute atomic E-state index is 13.1. The molecule has 1 aliphatic carbocycles. The zero-order valence-corrected chi connectivity index (χ0v) is 14.9. The Morgan fingerprint density at radius 1 is 1.04 bits per heavy atom. The van der Waals surface area contributed by atoms with E-state index in [2.05, 4.69) is 17.4 Å². The van der Waals surface area contributed by atoms with Gasteiger partial charge in [-0.05, 0) is 36.0 Å². The Hall–Kier alpha value is -2.62. The molecule has 1 atom stereocenters. The molecule has 0 aromatic heterocycles. The molecule has 1 fully saturated rings. The first-order valence-electron chi connectivity index (χ1n) is 9.42. The number of benzene rings is 2. The van der Waals surface area contributed by atoms with Crippen LogP contribution in [0.25, 0.3) is 0 Å². The first kappa shape index (κ1) is 16.8. The summed E-state index contributed by atoms with van der Waals surface area (Å²) in [6.45, 7) is 1.45. The number of amides is 2. The summed E-state index contributed by atoms with van der Waals surface area (Å²) in [6, 6.07) is 17.5. The fraction of sp³-hybridized carbons (Fsp3) is 0.364. The lowest BCUT2D eigenvalue weighted by Gasteiger charge is -2.33. The predicted octanol–water partition coefficient (Wildman–Crippen LogP) is 3.69. The predicted molar refractivity (Wildman–Crippen MR) is 100 cm³/mol. The van der Waals surface area contributed by atoms with Crippen molar-refractivity contribution in [2.24, 2.45) is 5.92 Å². The summed E-state index contributed by atoms with van der Waals surface area (Å²) < 4.78 is 0. The number of hydrogen-bond donors (Lipinski definition) is 1. The quantitative estimate of drug-likeness (QED) is 0.865. The van der Waals surface area contributed by atoms with E-state index in [4.69, 9.17) is 0 Å². The van der Waals surface area contributed by atoms with Crippen LogP contribution in [0.4, 0.5) is 0 Å². The SMILES string of the molecule is O=C1N[C@@H](CC(=O)N(Cc2ccccc2)CC2CCC2)c2ccccc21. The second-order valence-corrected chi connectivity index (χ2v) is 7.37. The summed E-state index contributed by atoms with van der Waals surface area (Å²) in [5, 5.41) is 2.96. The molecule has 26 heavy (non-hydrogen) atoms. The topological polar surface area (TPSA) is 49.4 Å². The van der Waals surface area contributed by atoms with Gasteiger partial charge >= 0.3 is 0 Å². The summed E-state index contributed by atoms with van der Waals surface area (Å²) in [5.74, 6) is 0.655. The van der Waals surface area contributed by atoms with Gasteiger partial charge in [-0.1, -0.05) is 55.0 Å². The standard InChI is InChI=1S/C22H24N2O2/c25-21(13-20-18-11-4-5-12-19(18)22(26)23-20)24(15-17-9-6-10-17)14-16-7-2-1-3-8-16/h1-5,7-8,11-12,17,20H,6,9-10,13-15H2,(H,23,26)/t20-/m0/s1. The molecular weight excluding hydrogens is 324 g/mol. The molecule has 0 unspecified atom stereocenters. The molecular formula is C22H24N2O2. The highest BCUT2D eigenvalue weighted by Gasteiger charge is 2.32. The number of carbonyl (C=O) groups excluding carboxylic acids is 2. The number of rotatable bonds is 6. The highest BCUT2D eigenvalue weighted by atomic mass is 16.2. The van der Waals surface area contributed by atoms with Gasteiger partial charge in [0.25, 0.3) is 5.91 Å². The Kier molecular flexibility index (Phi) is 4.74. The molecule has 0 radical (unpaired) electrons. The van der Waals surface area contributed by atoms with E-state index in [9.17, 15) is 9.59 Å². The number of nitrogens with one attached hydrogen (secondary N) is 1. The fourth-order valence-electron chi connectivity index (χ4n) is 3.83. The van der Waals surface area contributed by atoms with E-state index in [1.165, 1.54) is 19.3 Å². The first-order valence-corrected chi connectivity index (χ1v) is 9.42. The minimum atomic E-state index is -0.217. The van der Waals surface area contributed by atoms with Crippen molar-refractivity contribution < 1.29 is 9.59 Å². The van der Waals surface area contributed by atoms with Crippen molar-refractivity contribution in [1.82, 2.24) is 10.2 Å². The third-order valence-electron chi connectivity index (χ3n) is 5.54. The lowest BCUT2D eigenvalue weighted by atomic mass is 9.85. The average Bonchev–Trinajstić information content (AvgIpc) is 2.94. The van der Waals surface area contributed by atoms with E-state index >= 15 is 0 Å². The second-order valence-electron chi connectivity index (χ2n) is 7.37. The van der Waals surface area contributed by atoms with Gasteiger partial charge in [-0.15, -0.1) is 0 Å². The van der Waals surface area contributed by atoms with Gasteiger partial charge in [0.1, 0.15) is 0 Å². The van der Waals surface area contributed by atoms with Crippen molar-refractivity contribution in [1.29, 1.82) is 0 Å². The Labute approximate surface area is 154 Å². The van der Waals surface area contributed by atoms with Crippen LogP contribution in [0, 0.1) is 5.92 Å². The van der Waals surface area contributed by atoms with Crippen molar-refractivity contribution in [2.75, 3.05) is 6.54 Å². The molecule has 2 aromatic rings. The van der Waals surface area contributed by atoms with E-state index in [1.54, 1.807) is 0 Å². The number of hydrogen-bond acceptors (Lipinski definition) is 2. The Bertz CT molecular complexity index is 799. The number of carbonyl (C=O) groups is 2. The van der Waals surface area contributed by atoms with E-state index in [0.717, 1.165) is 17.7 Å². The van der Waals surface area contributed by atoms with Crippen molar-refractivity contribution in [2.45, 2.75) is 38.3 Å². The van der Waals surface area contributed by atoms with Crippen LogP contribution in [0.15, 0.2) is 54.6 Å². The van der Waals surface area contributed by atoms with E-state index in [-0.39, 0.29) is 17.9 Å². The molecule has 4 rings (SSSR count). The molecule has 0 saturated heterocycles.